The number of ether oxygens (including phenoxy) is 2. The SMILES string of the molecule is CC[C@H](C)CC(C)CCC1=CC2=C(Cl)C(=O)[C@]3(C)OC(=O)[C@@H](C(C)=O)[C@@H]3C2=CO1. The van der Waals surface area contributed by atoms with Crippen LogP contribution in [0.15, 0.2) is 34.3 Å². The molecule has 0 aromatic carbocycles. The summed E-state index contributed by atoms with van der Waals surface area (Å²) in [5, 5.41) is 0.0282. The Morgan fingerprint density at radius 1 is 1.28 bits per heavy atom. The van der Waals surface area contributed by atoms with Gasteiger partial charge in [-0.05, 0) is 44.6 Å². The largest absolute Gasteiger partial charge is 0.469 e. The molecule has 3 aliphatic rings. The predicted octanol–water partition coefficient (Wildman–Crippen LogP) is 4.85. The van der Waals surface area contributed by atoms with E-state index >= 15 is 0 Å². The van der Waals surface area contributed by atoms with Crippen LogP contribution in [0.25, 0.3) is 0 Å². The number of rotatable bonds is 7. The summed E-state index contributed by atoms with van der Waals surface area (Å²) in [6.45, 7) is 9.55. The van der Waals surface area contributed by atoms with Crippen molar-refractivity contribution in [2.45, 2.75) is 65.9 Å². The number of fused-ring (bicyclic) bond motifs is 3. The molecule has 1 fully saturated rings. The molecule has 0 spiro atoms. The Morgan fingerprint density at radius 2 is 1.97 bits per heavy atom. The average Bonchev–Trinajstić information content (AvgIpc) is 2.96. The highest BCUT2D eigenvalue weighted by molar-refractivity contribution is 6.45. The molecule has 5 nitrogen and oxygen atoms in total. The van der Waals surface area contributed by atoms with Crippen LogP contribution in [0.2, 0.25) is 0 Å². The maximum Gasteiger partial charge on any atom is 0.318 e. The molecule has 0 N–H and O–H groups in total. The number of carbonyl (C=O) groups is 3. The molecule has 158 valence electrons. The van der Waals surface area contributed by atoms with Crippen LogP contribution in [0.3, 0.4) is 0 Å². The summed E-state index contributed by atoms with van der Waals surface area (Å²) in [6, 6.07) is 0. The lowest BCUT2D eigenvalue weighted by Gasteiger charge is -2.37. The minimum atomic E-state index is -1.47. The van der Waals surface area contributed by atoms with Crippen LogP contribution >= 0.6 is 11.6 Å². The molecule has 5 atom stereocenters. The molecule has 1 unspecified atom stereocenters. The third-order valence-electron chi connectivity index (χ3n) is 6.49. The molecule has 29 heavy (non-hydrogen) atoms. The molecule has 0 radical (unpaired) electrons. The van der Waals surface area contributed by atoms with Gasteiger partial charge in [-0.25, -0.2) is 0 Å². The molecule has 0 saturated carbocycles. The maximum absolute atomic E-state index is 12.9. The normalized spacial score (nSPS) is 30.6. The van der Waals surface area contributed by atoms with E-state index in [9.17, 15) is 14.4 Å². The number of esters is 1. The van der Waals surface area contributed by atoms with Gasteiger partial charge in [0.05, 0.1) is 17.2 Å². The number of ketones is 2. The van der Waals surface area contributed by atoms with Crippen LogP contribution in [0, 0.1) is 23.7 Å². The second-order valence-electron chi connectivity index (χ2n) is 8.85. The summed E-state index contributed by atoms with van der Waals surface area (Å²) in [4.78, 5) is 37.4. The number of hydrogen-bond donors (Lipinski definition) is 0. The van der Waals surface area contributed by atoms with Crippen LogP contribution in [0.5, 0.6) is 0 Å². The lowest BCUT2D eigenvalue weighted by atomic mass is 9.67. The van der Waals surface area contributed by atoms with Gasteiger partial charge in [-0.15, -0.1) is 0 Å². The zero-order valence-corrected chi connectivity index (χ0v) is 18.5. The topological polar surface area (TPSA) is 69.7 Å². The number of carbonyl (C=O) groups excluding carboxylic acids is 3. The van der Waals surface area contributed by atoms with Gasteiger partial charge in [0.25, 0.3) is 0 Å². The Balaban J connectivity index is 1.85. The maximum atomic E-state index is 12.9. The summed E-state index contributed by atoms with van der Waals surface area (Å²) < 4.78 is 11.2. The summed E-state index contributed by atoms with van der Waals surface area (Å²) in [5.41, 5.74) is -0.349. The molecule has 0 bridgehead atoms. The van der Waals surface area contributed by atoms with Crippen LogP contribution in [0.1, 0.15) is 60.3 Å². The molecule has 3 rings (SSSR count). The minimum Gasteiger partial charge on any atom is -0.469 e. The van der Waals surface area contributed by atoms with Crippen molar-refractivity contribution in [3.05, 3.63) is 34.3 Å². The van der Waals surface area contributed by atoms with E-state index in [1.165, 1.54) is 20.3 Å². The monoisotopic (exact) mass is 420 g/mol. The van der Waals surface area contributed by atoms with Crippen LogP contribution in [0.4, 0.5) is 0 Å². The Kier molecular flexibility index (Phi) is 6.09. The van der Waals surface area contributed by atoms with Gasteiger partial charge in [0.2, 0.25) is 5.78 Å². The average molecular weight is 421 g/mol. The van der Waals surface area contributed by atoms with Crippen molar-refractivity contribution in [3.8, 4) is 0 Å². The molecule has 1 saturated heterocycles. The minimum absolute atomic E-state index is 0.0282. The zero-order chi connectivity index (χ0) is 21.5. The molecular weight excluding hydrogens is 392 g/mol. The summed E-state index contributed by atoms with van der Waals surface area (Å²) in [7, 11) is 0. The van der Waals surface area contributed by atoms with E-state index in [1.54, 1.807) is 12.3 Å². The van der Waals surface area contributed by atoms with E-state index in [1.807, 2.05) is 0 Å². The highest BCUT2D eigenvalue weighted by Gasteiger charge is 2.63. The molecule has 6 heteroatoms. The highest BCUT2D eigenvalue weighted by atomic mass is 35.5. The lowest BCUT2D eigenvalue weighted by molar-refractivity contribution is -0.156. The van der Waals surface area contributed by atoms with Crippen molar-refractivity contribution >= 4 is 29.1 Å². The van der Waals surface area contributed by atoms with Gasteiger partial charge >= 0.3 is 5.97 Å². The van der Waals surface area contributed by atoms with E-state index in [0.29, 0.717) is 23.0 Å². The molecule has 0 amide bonds. The molecule has 0 aromatic rings. The van der Waals surface area contributed by atoms with E-state index in [4.69, 9.17) is 21.1 Å². The van der Waals surface area contributed by atoms with Crippen LogP contribution in [-0.4, -0.2) is 23.1 Å². The fourth-order valence-electron chi connectivity index (χ4n) is 4.60. The highest BCUT2D eigenvalue weighted by Crippen LogP contribution is 2.52. The number of Topliss-reactive ketones (excluding diaryl/α,β-unsaturated/α-hetero) is 2. The Labute approximate surface area is 177 Å². The molecule has 1 aliphatic carbocycles. The van der Waals surface area contributed by atoms with Gasteiger partial charge in [-0.1, -0.05) is 38.8 Å². The van der Waals surface area contributed by atoms with E-state index in [0.717, 1.165) is 25.0 Å². The van der Waals surface area contributed by atoms with Crippen molar-refractivity contribution in [3.63, 3.8) is 0 Å². The Hall–Kier alpha value is -1.88. The van der Waals surface area contributed by atoms with Crippen LogP contribution < -0.4 is 0 Å². The smallest absolute Gasteiger partial charge is 0.318 e. The van der Waals surface area contributed by atoms with Crippen molar-refractivity contribution < 1.29 is 23.9 Å². The molecular formula is C23H29ClO5. The first-order valence-electron chi connectivity index (χ1n) is 10.4. The summed E-state index contributed by atoms with van der Waals surface area (Å²) in [6.07, 6.45) is 7.35. The predicted molar refractivity (Wildman–Crippen MR) is 110 cm³/mol. The first kappa shape index (κ1) is 21.8. The van der Waals surface area contributed by atoms with Crippen LogP contribution in [-0.2, 0) is 23.9 Å². The molecule has 2 aliphatic heterocycles. The third kappa shape index (κ3) is 3.81. The number of halogens is 1. The van der Waals surface area contributed by atoms with Gasteiger partial charge in [0.1, 0.15) is 17.5 Å². The number of allylic oxidation sites excluding steroid dienone is 3. The van der Waals surface area contributed by atoms with Crippen molar-refractivity contribution in [1.29, 1.82) is 0 Å². The van der Waals surface area contributed by atoms with Gasteiger partial charge in [-0.3, -0.25) is 14.4 Å². The van der Waals surface area contributed by atoms with Gasteiger partial charge in [0.15, 0.2) is 5.60 Å². The second kappa shape index (κ2) is 8.10. The Bertz CT molecular complexity index is 836. The van der Waals surface area contributed by atoms with Gasteiger partial charge in [-0.2, -0.15) is 0 Å². The van der Waals surface area contributed by atoms with E-state index in [-0.39, 0.29) is 10.8 Å². The van der Waals surface area contributed by atoms with Crippen molar-refractivity contribution in [2.75, 3.05) is 0 Å². The quantitative estimate of drug-likeness (QED) is 0.435. The van der Waals surface area contributed by atoms with Crippen molar-refractivity contribution in [1.82, 2.24) is 0 Å². The lowest BCUT2D eigenvalue weighted by Crippen LogP contribution is -2.47. The van der Waals surface area contributed by atoms with Gasteiger partial charge < -0.3 is 9.47 Å². The standard InChI is InChI=1S/C23H29ClO5/c1-6-12(2)9-13(3)7-8-15-10-16-17(11-28-15)19-18(14(4)25)22(27)29-23(19,5)21(26)20(16)24/h10-13,18-19H,6-9H2,1-5H3/t12-,13?,18-,19-,23+/m0/s1. The number of hydrogen-bond acceptors (Lipinski definition) is 5. The fraction of sp³-hybridized carbons (Fsp3) is 0.609. The van der Waals surface area contributed by atoms with Crippen molar-refractivity contribution in [2.24, 2.45) is 23.7 Å². The second-order valence-corrected chi connectivity index (χ2v) is 9.22. The first-order chi connectivity index (χ1) is 13.6. The van der Waals surface area contributed by atoms with E-state index < -0.39 is 29.2 Å². The van der Waals surface area contributed by atoms with Gasteiger partial charge in [0, 0.05) is 17.6 Å². The first-order valence-corrected chi connectivity index (χ1v) is 10.7. The Morgan fingerprint density at radius 3 is 2.59 bits per heavy atom. The van der Waals surface area contributed by atoms with E-state index in [2.05, 4.69) is 20.8 Å². The summed E-state index contributed by atoms with van der Waals surface area (Å²) >= 11 is 6.40. The zero-order valence-electron chi connectivity index (χ0n) is 17.7. The molecule has 2 heterocycles. The third-order valence-corrected chi connectivity index (χ3v) is 6.87. The summed E-state index contributed by atoms with van der Waals surface area (Å²) in [5.74, 6) is -1.24. The fourth-order valence-corrected chi connectivity index (χ4v) is 4.95. The molecule has 0 aromatic heterocycles.